The van der Waals surface area contributed by atoms with Crippen LogP contribution in [0.4, 0.5) is 0 Å². The molecule has 2 unspecified atom stereocenters. The van der Waals surface area contributed by atoms with Gasteiger partial charge in [0.05, 0.1) is 18.3 Å². The number of fused-ring (bicyclic) bond motifs is 3. The van der Waals surface area contributed by atoms with E-state index in [0.29, 0.717) is 12.0 Å². The maximum Gasteiger partial charge on any atom is 0.228 e. The number of hydrogen-bond donors (Lipinski definition) is 2. The van der Waals surface area contributed by atoms with Crippen molar-refractivity contribution in [1.82, 2.24) is 0 Å². The average molecular weight is 386 g/mol. The Kier molecular flexibility index (Phi) is 4.66. The molecule has 1 heterocycles. The summed E-state index contributed by atoms with van der Waals surface area (Å²) < 4.78 is 11.1. The number of carbonyl (C=O) groups excluding carboxylic acids is 2. The lowest BCUT2D eigenvalue weighted by molar-refractivity contribution is 0.0902. The lowest BCUT2D eigenvalue weighted by Gasteiger charge is -2.28. The molecule has 0 fully saturated rings. The number of rotatable bonds is 4. The molecule has 1 aromatic rings. The fourth-order valence-electron chi connectivity index (χ4n) is 3.92. The van der Waals surface area contributed by atoms with Crippen molar-refractivity contribution in [3.05, 3.63) is 46.2 Å². The Bertz CT molecular complexity index is 931. The monoisotopic (exact) mass is 386 g/mol. The molecule has 0 saturated carbocycles. The van der Waals surface area contributed by atoms with E-state index in [1.54, 1.807) is 26.8 Å². The first-order valence-corrected chi connectivity index (χ1v) is 9.23. The molecule has 1 aliphatic heterocycles. The molecule has 2 N–H and O–H groups in total. The van der Waals surface area contributed by atoms with E-state index in [0.717, 1.165) is 0 Å². The fourth-order valence-corrected chi connectivity index (χ4v) is 3.92. The van der Waals surface area contributed by atoms with Gasteiger partial charge in [-0.3, -0.25) is 9.59 Å². The van der Waals surface area contributed by atoms with Crippen molar-refractivity contribution in [1.29, 1.82) is 0 Å². The standard InChI is InChI=1S/C22H26O6/c1-11-17(24)15-13(18(25)19(11)27-6)10-14(23)16-20(15)28-12(2)22(16,5)9-7-8-21(3,4)26/h7-8,10,12,23,26H,9H2,1-6H3. The van der Waals surface area contributed by atoms with Crippen molar-refractivity contribution in [2.75, 3.05) is 7.11 Å². The van der Waals surface area contributed by atoms with Crippen molar-refractivity contribution in [2.45, 2.75) is 58.2 Å². The van der Waals surface area contributed by atoms with Gasteiger partial charge in [-0.05, 0) is 40.2 Å². The maximum atomic E-state index is 13.0. The van der Waals surface area contributed by atoms with Crippen LogP contribution in [0, 0.1) is 0 Å². The SMILES string of the molecule is COC1=C(C)C(=O)c2c(cc(O)c3c2OC(C)C3(C)CC=CC(C)(C)O)C1=O. The topological polar surface area (TPSA) is 93.1 Å². The van der Waals surface area contributed by atoms with Gasteiger partial charge in [0.15, 0.2) is 11.5 Å². The number of allylic oxidation sites excluding steroid dienone is 3. The van der Waals surface area contributed by atoms with E-state index in [1.165, 1.54) is 13.2 Å². The largest absolute Gasteiger partial charge is 0.507 e. The summed E-state index contributed by atoms with van der Waals surface area (Å²) in [4.78, 5) is 25.7. The predicted molar refractivity (Wildman–Crippen MR) is 104 cm³/mol. The fraction of sp³-hybridized carbons (Fsp3) is 0.455. The third-order valence-corrected chi connectivity index (χ3v) is 5.65. The first-order valence-electron chi connectivity index (χ1n) is 9.23. The van der Waals surface area contributed by atoms with E-state index < -0.39 is 16.8 Å². The number of aromatic hydroxyl groups is 1. The summed E-state index contributed by atoms with van der Waals surface area (Å²) in [6.07, 6.45) is 3.67. The number of Topliss-reactive ketones (excluding diaryl/α,β-unsaturated/α-hetero) is 2. The Hall–Kier alpha value is -2.60. The highest BCUT2D eigenvalue weighted by Crippen LogP contribution is 2.53. The van der Waals surface area contributed by atoms with Crippen LogP contribution in [0.3, 0.4) is 0 Å². The Balaban J connectivity index is 2.17. The zero-order chi connectivity index (χ0) is 21.0. The summed E-state index contributed by atoms with van der Waals surface area (Å²) in [6.45, 7) is 8.69. The molecule has 6 nitrogen and oxygen atoms in total. The van der Waals surface area contributed by atoms with E-state index in [-0.39, 0.29) is 45.8 Å². The molecule has 0 bridgehead atoms. The smallest absolute Gasteiger partial charge is 0.228 e. The van der Waals surface area contributed by atoms with Gasteiger partial charge < -0.3 is 19.7 Å². The van der Waals surface area contributed by atoms with Crippen LogP contribution < -0.4 is 4.74 Å². The molecule has 2 aliphatic rings. The Morgan fingerprint density at radius 1 is 1.32 bits per heavy atom. The van der Waals surface area contributed by atoms with Crippen LogP contribution in [0.15, 0.2) is 29.6 Å². The van der Waals surface area contributed by atoms with Gasteiger partial charge in [-0.15, -0.1) is 0 Å². The van der Waals surface area contributed by atoms with Crippen LogP contribution >= 0.6 is 0 Å². The minimum Gasteiger partial charge on any atom is -0.507 e. The zero-order valence-corrected chi connectivity index (χ0v) is 17.0. The van der Waals surface area contributed by atoms with Crippen molar-refractivity contribution >= 4 is 11.6 Å². The van der Waals surface area contributed by atoms with Gasteiger partial charge in [0.1, 0.15) is 17.6 Å². The normalized spacial score (nSPS) is 24.5. The van der Waals surface area contributed by atoms with Crippen LogP contribution in [-0.4, -0.2) is 40.6 Å². The lowest BCUT2D eigenvalue weighted by Crippen LogP contribution is -2.32. The average Bonchev–Trinajstić information content (AvgIpc) is 2.84. The number of ether oxygens (including phenoxy) is 2. The number of benzene rings is 1. The Morgan fingerprint density at radius 2 is 1.96 bits per heavy atom. The lowest BCUT2D eigenvalue weighted by atomic mass is 9.74. The minimum absolute atomic E-state index is 0.0150. The molecule has 2 atom stereocenters. The van der Waals surface area contributed by atoms with Crippen LogP contribution in [0.1, 0.15) is 67.3 Å². The summed E-state index contributed by atoms with van der Waals surface area (Å²) in [5.74, 6) is -0.632. The molecule has 0 radical (unpaired) electrons. The summed E-state index contributed by atoms with van der Waals surface area (Å²) >= 11 is 0. The van der Waals surface area contributed by atoms with E-state index >= 15 is 0 Å². The van der Waals surface area contributed by atoms with Crippen LogP contribution in [0.5, 0.6) is 11.5 Å². The molecule has 0 amide bonds. The minimum atomic E-state index is -0.958. The van der Waals surface area contributed by atoms with E-state index in [2.05, 4.69) is 0 Å². The van der Waals surface area contributed by atoms with E-state index in [9.17, 15) is 19.8 Å². The predicted octanol–water partition coefficient (Wildman–Crippen LogP) is 3.45. The van der Waals surface area contributed by atoms with Crippen molar-refractivity contribution < 1.29 is 29.3 Å². The summed E-state index contributed by atoms with van der Waals surface area (Å²) in [5, 5.41) is 20.7. The van der Waals surface area contributed by atoms with E-state index in [1.807, 2.05) is 19.9 Å². The second kappa shape index (κ2) is 6.48. The number of phenolic OH excluding ortho intramolecular Hbond substituents is 1. The van der Waals surface area contributed by atoms with Gasteiger partial charge in [0, 0.05) is 22.1 Å². The highest BCUT2D eigenvalue weighted by Gasteiger charge is 2.48. The maximum absolute atomic E-state index is 13.0. The van der Waals surface area contributed by atoms with Gasteiger partial charge >= 0.3 is 0 Å². The number of methoxy groups -OCH3 is 1. The molecule has 0 saturated heterocycles. The third kappa shape index (κ3) is 2.92. The van der Waals surface area contributed by atoms with Crippen LogP contribution in [0.25, 0.3) is 0 Å². The van der Waals surface area contributed by atoms with Crippen molar-refractivity contribution in [3.8, 4) is 11.5 Å². The van der Waals surface area contributed by atoms with Crippen molar-refractivity contribution in [3.63, 3.8) is 0 Å². The molecule has 0 aromatic heterocycles. The first kappa shape index (κ1) is 20.1. The highest BCUT2D eigenvalue weighted by atomic mass is 16.5. The van der Waals surface area contributed by atoms with Crippen molar-refractivity contribution in [2.24, 2.45) is 0 Å². The summed E-state index contributed by atoms with van der Waals surface area (Å²) in [6, 6.07) is 1.33. The number of ketones is 2. The van der Waals surface area contributed by atoms with Gasteiger partial charge in [-0.2, -0.15) is 0 Å². The molecule has 28 heavy (non-hydrogen) atoms. The molecular weight excluding hydrogens is 360 g/mol. The molecule has 150 valence electrons. The third-order valence-electron chi connectivity index (χ3n) is 5.65. The number of hydrogen-bond acceptors (Lipinski definition) is 6. The number of aliphatic hydroxyl groups is 1. The first-order chi connectivity index (χ1) is 12.9. The second-order valence-corrected chi connectivity index (χ2v) is 8.28. The van der Waals surface area contributed by atoms with Gasteiger partial charge in [0.25, 0.3) is 0 Å². The van der Waals surface area contributed by atoms with Crippen LogP contribution in [-0.2, 0) is 10.2 Å². The Morgan fingerprint density at radius 3 is 2.54 bits per heavy atom. The quantitative estimate of drug-likeness (QED) is 0.770. The Labute approximate surface area is 164 Å². The summed E-state index contributed by atoms with van der Waals surface area (Å²) in [7, 11) is 1.34. The zero-order valence-electron chi connectivity index (χ0n) is 17.0. The number of carbonyl (C=O) groups is 2. The number of phenols is 1. The molecule has 6 heteroatoms. The second-order valence-electron chi connectivity index (χ2n) is 8.28. The molecular formula is C22H26O6. The van der Waals surface area contributed by atoms with Gasteiger partial charge in [-0.25, -0.2) is 0 Å². The summed E-state index contributed by atoms with van der Waals surface area (Å²) in [5.41, 5.74) is -0.585. The van der Waals surface area contributed by atoms with Gasteiger partial charge in [0.2, 0.25) is 5.78 Å². The van der Waals surface area contributed by atoms with Crippen LogP contribution in [0.2, 0.25) is 0 Å². The molecule has 1 aliphatic carbocycles. The molecule has 1 aromatic carbocycles. The molecule has 0 spiro atoms. The molecule has 3 rings (SSSR count). The van der Waals surface area contributed by atoms with E-state index in [4.69, 9.17) is 9.47 Å². The van der Waals surface area contributed by atoms with Gasteiger partial charge in [-0.1, -0.05) is 19.1 Å². The highest BCUT2D eigenvalue weighted by molar-refractivity contribution is 6.27.